The molecule has 246 valence electrons. The van der Waals surface area contributed by atoms with Gasteiger partial charge in [-0.1, -0.05) is 71.8 Å². The van der Waals surface area contributed by atoms with Crippen molar-refractivity contribution in [3.8, 4) is 5.75 Å². The Bertz CT molecular complexity index is 1750. The maximum absolute atomic E-state index is 16.0. The first-order valence-electron chi connectivity index (χ1n) is 16.0. The number of hydrogen-bond acceptors (Lipinski definition) is 6. The Labute approximate surface area is 284 Å². The quantitative estimate of drug-likeness (QED) is 0.216. The molecule has 0 bridgehead atoms. The number of hydrogen-bond donors (Lipinski definition) is 2. The second kappa shape index (κ2) is 13.8. The molecule has 5 atom stereocenters. The van der Waals surface area contributed by atoms with Crippen molar-refractivity contribution in [3.05, 3.63) is 117 Å². The van der Waals surface area contributed by atoms with E-state index in [1.165, 1.54) is 6.07 Å². The van der Waals surface area contributed by atoms with Crippen LogP contribution in [-0.4, -0.2) is 42.1 Å². The summed E-state index contributed by atoms with van der Waals surface area (Å²) in [5, 5.41) is 3.56. The number of halogens is 3. The van der Waals surface area contributed by atoms with E-state index in [9.17, 15) is 9.59 Å². The molecule has 1 saturated heterocycles. The molecule has 0 aromatic heterocycles. The fourth-order valence-corrected chi connectivity index (χ4v) is 7.86. The van der Waals surface area contributed by atoms with Crippen molar-refractivity contribution >= 4 is 40.8 Å². The van der Waals surface area contributed by atoms with Gasteiger partial charge >= 0.3 is 5.97 Å². The van der Waals surface area contributed by atoms with Gasteiger partial charge in [-0.25, -0.2) is 9.18 Å². The first-order valence-corrected chi connectivity index (χ1v) is 16.8. The van der Waals surface area contributed by atoms with Crippen molar-refractivity contribution in [2.45, 2.75) is 63.2 Å². The lowest BCUT2D eigenvalue weighted by Crippen LogP contribution is -2.52. The zero-order chi connectivity index (χ0) is 33.3. The number of amides is 1. The van der Waals surface area contributed by atoms with Crippen molar-refractivity contribution in [1.29, 1.82) is 0 Å². The van der Waals surface area contributed by atoms with E-state index >= 15 is 4.39 Å². The Kier molecular flexibility index (Phi) is 9.76. The number of nitrogens with zero attached hydrogens (tertiary/aromatic N) is 1. The second-order valence-corrected chi connectivity index (χ2v) is 13.1. The zero-order valence-corrected chi connectivity index (χ0v) is 27.9. The van der Waals surface area contributed by atoms with Crippen molar-refractivity contribution in [2.24, 2.45) is 11.7 Å². The van der Waals surface area contributed by atoms with E-state index < -0.39 is 17.3 Å². The normalized spacial score (nSPS) is 24.2. The molecule has 3 aliphatic rings. The summed E-state index contributed by atoms with van der Waals surface area (Å²) in [7, 11) is 0. The van der Waals surface area contributed by atoms with E-state index in [1.807, 2.05) is 49.4 Å². The van der Waals surface area contributed by atoms with Gasteiger partial charge in [0.15, 0.2) is 0 Å². The number of nitrogens with one attached hydrogen (secondary N) is 1. The highest BCUT2D eigenvalue weighted by Crippen LogP contribution is 2.59. The summed E-state index contributed by atoms with van der Waals surface area (Å²) in [6, 6.07) is 17.6. The summed E-state index contributed by atoms with van der Waals surface area (Å²) in [5.41, 5.74) is 8.82. The number of rotatable bonds is 10. The Morgan fingerprint density at radius 1 is 1.13 bits per heavy atom. The minimum absolute atomic E-state index is 0.0000330. The predicted molar refractivity (Wildman–Crippen MR) is 182 cm³/mol. The Balaban J connectivity index is 1.44. The largest absolute Gasteiger partial charge is 0.494 e. The minimum Gasteiger partial charge on any atom is -0.494 e. The van der Waals surface area contributed by atoms with Gasteiger partial charge < -0.3 is 20.5 Å². The van der Waals surface area contributed by atoms with Gasteiger partial charge in [0.05, 0.1) is 23.8 Å². The van der Waals surface area contributed by atoms with Crippen LogP contribution in [-0.2, 0) is 26.4 Å². The van der Waals surface area contributed by atoms with Crippen LogP contribution in [0.15, 0.2) is 84.5 Å². The predicted octanol–water partition coefficient (Wildman–Crippen LogP) is 7.52. The van der Waals surface area contributed by atoms with Gasteiger partial charge in [0.2, 0.25) is 5.91 Å². The van der Waals surface area contributed by atoms with Gasteiger partial charge in [0.25, 0.3) is 0 Å². The molecule has 1 fully saturated rings. The molecule has 1 spiro atoms. The van der Waals surface area contributed by atoms with Crippen LogP contribution in [0.25, 0.3) is 0 Å². The molecular formula is C37H38Cl2FN3O4. The molecule has 5 unspecified atom stereocenters. The van der Waals surface area contributed by atoms with E-state index in [0.717, 1.165) is 16.9 Å². The summed E-state index contributed by atoms with van der Waals surface area (Å²) in [5.74, 6) is -1.06. The SMILES string of the molecule is CCOC(=O)C1=CCC(C(N)CC2CC(c3cccc(Cl)c3F)C3(C(=O)Nc4cc(Cl)ccc43)N2Cc2cccc(OCC)c2)C=C1. The van der Waals surface area contributed by atoms with Crippen molar-refractivity contribution in [2.75, 3.05) is 18.5 Å². The van der Waals surface area contributed by atoms with Crippen LogP contribution in [0.4, 0.5) is 10.1 Å². The molecule has 47 heavy (non-hydrogen) atoms. The fraction of sp³-hybridized carbons (Fsp3) is 0.351. The summed E-state index contributed by atoms with van der Waals surface area (Å²) in [6.45, 7) is 4.90. The highest BCUT2D eigenvalue weighted by Gasteiger charge is 2.63. The summed E-state index contributed by atoms with van der Waals surface area (Å²) < 4.78 is 27.0. The maximum atomic E-state index is 16.0. The monoisotopic (exact) mass is 677 g/mol. The fourth-order valence-electron chi connectivity index (χ4n) is 7.51. The number of likely N-dealkylation sites (tertiary alicyclic amines) is 1. The molecule has 2 heterocycles. The van der Waals surface area contributed by atoms with Crippen LogP contribution < -0.4 is 15.8 Å². The number of fused-ring (bicyclic) bond motifs is 2. The van der Waals surface area contributed by atoms with Crippen LogP contribution in [0.2, 0.25) is 10.0 Å². The number of esters is 1. The summed E-state index contributed by atoms with van der Waals surface area (Å²) >= 11 is 12.7. The first kappa shape index (κ1) is 33.2. The van der Waals surface area contributed by atoms with Gasteiger partial charge in [-0.15, -0.1) is 0 Å². The number of carbonyl (C=O) groups excluding carboxylic acids is 2. The summed E-state index contributed by atoms with van der Waals surface area (Å²) in [6.07, 6.45) is 7.14. The van der Waals surface area contributed by atoms with E-state index in [4.69, 9.17) is 38.4 Å². The molecule has 1 amide bonds. The van der Waals surface area contributed by atoms with Gasteiger partial charge in [-0.3, -0.25) is 9.69 Å². The average Bonchev–Trinajstić information content (AvgIpc) is 3.52. The molecule has 10 heteroatoms. The zero-order valence-electron chi connectivity index (χ0n) is 26.3. The third kappa shape index (κ3) is 6.20. The number of allylic oxidation sites excluding steroid dienone is 1. The molecular weight excluding hydrogens is 640 g/mol. The Hall–Kier alpha value is -3.69. The lowest BCUT2D eigenvalue weighted by molar-refractivity contribution is -0.138. The number of carbonyl (C=O) groups is 2. The Morgan fingerprint density at radius 2 is 1.94 bits per heavy atom. The van der Waals surface area contributed by atoms with E-state index in [-0.39, 0.29) is 34.9 Å². The van der Waals surface area contributed by atoms with Crippen LogP contribution in [0, 0.1) is 11.7 Å². The number of nitrogens with two attached hydrogens (primary N) is 1. The smallest absolute Gasteiger partial charge is 0.337 e. The molecule has 3 aromatic rings. The molecule has 6 rings (SSSR count). The number of anilines is 1. The van der Waals surface area contributed by atoms with Crippen molar-refractivity contribution in [1.82, 2.24) is 4.90 Å². The van der Waals surface area contributed by atoms with Crippen LogP contribution >= 0.6 is 23.2 Å². The van der Waals surface area contributed by atoms with Gasteiger partial charge in [0, 0.05) is 40.8 Å². The molecule has 3 aromatic carbocycles. The molecule has 1 aliphatic carbocycles. The molecule has 7 nitrogen and oxygen atoms in total. The van der Waals surface area contributed by atoms with Crippen molar-refractivity contribution in [3.63, 3.8) is 0 Å². The lowest BCUT2D eigenvalue weighted by atomic mass is 9.75. The third-order valence-electron chi connectivity index (χ3n) is 9.55. The number of benzene rings is 3. The molecule has 0 radical (unpaired) electrons. The van der Waals surface area contributed by atoms with Gasteiger partial charge in [-0.2, -0.15) is 0 Å². The van der Waals surface area contributed by atoms with Crippen LogP contribution in [0.3, 0.4) is 0 Å². The highest BCUT2D eigenvalue weighted by molar-refractivity contribution is 6.31. The molecule has 3 N–H and O–H groups in total. The lowest BCUT2D eigenvalue weighted by Gasteiger charge is -2.41. The van der Waals surface area contributed by atoms with Crippen LogP contribution in [0.5, 0.6) is 5.75 Å². The van der Waals surface area contributed by atoms with Crippen LogP contribution in [0.1, 0.15) is 55.7 Å². The van der Waals surface area contributed by atoms with Crippen molar-refractivity contribution < 1.29 is 23.5 Å². The topological polar surface area (TPSA) is 93.9 Å². The van der Waals surface area contributed by atoms with Gasteiger partial charge in [-0.05, 0) is 80.5 Å². The molecule has 0 saturated carbocycles. The Morgan fingerprint density at radius 3 is 2.68 bits per heavy atom. The highest BCUT2D eigenvalue weighted by atomic mass is 35.5. The second-order valence-electron chi connectivity index (χ2n) is 12.2. The summed E-state index contributed by atoms with van der Waals surface area (Å²) in [4.78, 5) is 29.0. The van der Waals surface area contributed by atoms with E-state index in [2.05, 4.69) is 10.2 Å². The standard InChI is InChI=1S/C37H38Cl2FN3O4/c1-3-46-27-8-5-7-22(17-27)21-43-26(20-32(41)23-11-13-24(14-12-23)35(44)47-4-2)19-30(28-9-6-10-31(39)34(28)40)37(43)29-16-15-25(38)18-33(29)42-36(37)45/h5-11,13-18,23,26,30,32H,3-4,12,19-21,41H2,1-2H3,(H,42,45). The first-order chi connectivity index (χ1) is 22.7. The van der Waals surface area contributed by atoms with E-state index in [1.54, 1.807) is 37.3 Å². The third-order valence-corrected chi connectivity index (χ3v) is 10.1. The number of ether oxygens (including phenoxy) is 2. The maximum Gasteiger partial charge on any atom is 0.337 e. The minimum atomic E-state index is -1.28. The van der Waals surface area contributed by atoms with Gasteiger partial charge in [0.1, 0.15) is 17.1 Å². The van der Waals surface area contributed by atoms with E-state index in [0.29, 0.717) is 60.9 Å². The molecule has 2 aliphatic heterocycles. The average molecular weight is 679 g/mol.